The molecule has 0 aliphatic rings. The zero-order valence-electron chi connectivity index (χ0n) is 15.6. The molecule has 25 heavy (non-hydrogen) atoms. The highest BCUT2D eigenvalue weighted by molar-refractivity contribution is 5.76. The van der Waals surface area contributed by atoms with Crippen molar-refractivity contribution >= 4 is 5.91 Å². The van der Waals surface area contributed by atoms with Crippen LogP contribution in [0.25, 0.3) is 0 Å². The first-order valence-corrected chi connectivity index (χ1v) is 8.53. The molecule has 1 heterocycles. The molecule has 0 radical (unpaired) electrons. The smallest absolute Gasteiger partial charge is 0.222 e. The quantitative estimate of drug-likeness (QED) is 0.798. The Hall–Kier alpha value is -2.50. The summed E-state index contributed by atoms with van der Waals surface area (Å²) in [5.74, 6) is 1.37. The number of rotatable bonds is 8. The molecule has 0 saturated carbocycles. The maximum absolute atomic E-state index is 12.2. The number of carbonyl (C=O) groups excluding carboxylic acids is 1. The number of amides is 1. The van der Waals surface area contributed by atoms with E-state index in [4.69, 9.17) is 9.47 Å². The maximum Gasteiger partial charge on any atom is 0.222 e. The summed E-state index contributed by atoms with van der Waals surface area (Å²) in [6.07, 6.45) is 0.385. The van der Waals surface area contributed by atoms with Crippen molar-refractivity contribution in [2.45, 2.75) is 46.7 Å². The Bertz CT molecular complexity index is 725. The van der Waals surface area contributed by atoms with Crippen molar-refractivity contribution < 1.29 is 14.3 Å². The molecular formula is C19H27N3O3. The molecule has 6 nitrogen and oxygen atoms in total. The summed E-state index contributed by atoms with van der Waals surface area (Å²) >= 11 is 0. The van der Waals surface area contributed by atoms with Gasteiger partial charge in [0.2, 0.25) is 5.91 Å². The van der Waals surface area contributed by atoms with Gasteiger partial charge in [0.15, 0.2) is 11.5 Å². The molecule has 1 atom stereocenters. The number of carbonyl (C=O) groups is 1. The van der Waals surface area contributed by atoms with Gasteiger partial charge in [0, 0.05) is 18.7 Å². The second-order valence-corrected chi connectivity index (χ2v) is 6.12. The molecule has 2 aromatic rings. The third-order valence-electron chi connectivity index (χ3n) is 3.96. The lowest BCUT2D eigenvalue weighted by Crippen LogP contribution is -2.26. The van der Waals surface area contributed by atoms with Crippen molar-refractivity contribution in [3.63, 3.8) is 0 Å². The van der Waals surface area contributed by atoms with Gasteiger partial charge >= 0.3 is 0 Å². The number of methoxy groups -OCH3 is 1. The number of nitrogens with one attached hydrogen (secondary N) is 1. The van der Waals surface area contributed by atoms with Crippen molar-refractivity contribution in [2.24, 2.45) is 0 Å². The van der Waals surface area contributed by atoms with Crippen molar-refractivity contribution in [1.82, 2.24) is 15.1 Å². The molecule has 2 rings (SSSR count). The fraction of sp³-hybridized carbons (Fsp3) is 0.474. The van der Waals surface area contributed by atoms with E-state index in [1.165, 1.54) is 0 Å². The average Bonchev–Trinajstić information content (AvgIpc) is 2.92. The van der Waals surface area contributed by atoms with Crippen LogP contribution in [-0.4, -0.2) is 29.4 Å². The van der Waals surface area contributed by atoms with Crippen LogP contribution in [0.2, 0.25) is 0 Å². The lowest BCUT2D eigenvalue weighted by Gasteiger charge is -2.15. The van der Waals surface area contributed by atoms with Crippen LogP contribution in [0.15, 0.2) is 24.3 Å². The van der Waals surface area contributed by atoms with Gasteiger partial charge in [0.25, 0.3) is 0 Å². The summed E-state index contributed by atoms with van der Waals surface area (Å²) in [5.41, 5.74) is 2.99. The Morgan fingerprint density at radius 1 is 1.28 bits per heavy atom. The molecule has 0 bridgehead atoms. The summed E-state index contributed by atoms with van der Waals surface area (Å²) in [6, 6.07) is 7.71. The number of aromatic nitrogens is 2. The normalized spacial score (nSPS) is 11.9. The summed E-state index contributed by atoms with van der Waals surface area (Å²) in [5, 5.41) is 7.39. The van der Waals surface area contributed by atoms with E-state index < -0.39 is 0 Å². The topological polar surface area (TPSA) is 65.4 Å². The zero-order chi connectivity index (χ0) is 18.4. The summed E-state index contributed by atoms with van der Waals surface area (Å²) < 4.78 is 12.7. The molecule has 6 heteroatoms. The Balaban J connectivity index is 1.92. The van der Waals surface area contributed by atoms with Crippen LogP contribution >= 0.6 is 0 Å². The Kier molecular flexibility index (Phi) is 6.44. The third kappa shape index (κ3) is 4.98. The minimum atomic E-state index is -0.00657. The van der Waals surface area contributed by atoms with Gasteiger partial charge in [-0.3, -0.25) is 9.48 Å². The Morgan fingerprint density at radius 3 is 2.64 bits per heavy atom. The predicted molar refractivity (Wildman–Crippen MR) is 97.0 cm³/mol. The highest BCUT2D eigenvalue weighted by atomic mass is 16.5. The minimum absolute atomic E-state index is 0.00657. The molecule has 136 valence electrons. The predicted octanol–water partition coefficient (Wildman–Crippen LogP) is 3.17. The van der Waals surface area contributed by atoms with E-state index in [0.29, 0.717) is 31.1 Å². The summed E-state index contributed by atoms with van der Waals surface area (Å²) in [7, 11) is 1.61. The fourth-order valence-electron chi connectivity index (χ4n) is 2.82. The van der Waals surface area contributed by atoms with Gasteiger partial charge in [-0.25, -0.2) is 0 Å². The average molecular weight is 345 g/mol. The van der Waals surface area contributed by atoms with E-state index in [9.17, 15) is 4.79 Å². The standard InChI is InChI=1S/C19H27N3O3/c1-6-25-17-8-7-16(11-18(17)24-5)12-20-19(23)10-15(4)22-14(3)9-13(2)21-22/h7-9,11,15H,6,10,12H2,1-5H3,(H,20,23)/t15-/m1/s1. The van der Waals surface area contributed by atoms with Gasteiger partial charge in [-0.2, -0.15) is 5.10 Å². The molecule has 1 aromatic carbocycles. The molecule has 0 unspecified atom stereocenters. The van der Waals surface area contributed by atoms with E-state index in [-0.39, 0.29) is 11.9 Å². The van der Waals surface area contributed by atoms with Crippen LogP contribution in [0.3, 0.4) is 0 Å². The Morgan fingerprint density at radius 2 is 2.04 bits per heavy atom. The number of aryl methyl sites for hydroxylation is 2. The van der Waals surface area contributed by atoms with E-state index in [2.05, 4.69) is 10.4 Å². The first-order chi connectivity index (χ1) is 11.9. The van der Waals surface area contributed by atoms with Crippen molar-refractivity contribution in [3.05, 3.63) is 41.2 Å². The van der Waals surface area contributed by atoms with E-state index in [1.807, 2.05) is 56.6 Å². The lowest BCUT2D eigenvalue weighted by atomic mass is 10.2. The monoisotopic (exact) mass is 345 g/mol. The van der Waals surface area contributed by atoms with Gasteiger partial charge in [-0.1, -0.05) is 6.07 Å². The largest absolute Gasteiger partial charge is 0.493 e. The number of hydrogen-bond donors (Lipinski definition) is 1. The summed E-state index contributed by atoms with van der Waals surface area (Å²) in [6.45, 7) is 8.91. The van der Waals surface area contributed by atoms with Crippen LogP contribution < -0.4 is 14.8 Å². The maximum atomic E-state index is 12.2. The molecule has 1 aromatic heterocycles. The molecule has 0 spiro atoms. The van der Waals surface area contributed by atoms with Gasteiger partial charge in [-0.05, 0) is 51.5 Å². The number of hydrogen-bond acceptors (Lipinski definition) is 4. The zero-order valence-corrected chi connectivity index (χ0v) is 15.6. The highest BCUT2D eigenvalue weighted by Crippen LogP contribution is 2.28. The second kappa shape index (κ2) is 8.55. The molecule has 1 amide bonds. The minimum Gasteiger partial charge on any atom is -0.493 e. The SMILES string of the molecule is CCOc1ccc(CNC(=O)C[C@@H](C)n2nc(C)cc2C)cc1OC. The number of nitrogens with zero attached hydrogens (tertiary/aromatic N) is 2. The molecule has 0 aliphatic carbocycles. The lowest BCUT2D eigenvalue weighted by molar-refractivity contribution is -0.122. The van der Waals surface area contributed by atoms with Crippen molar-refractivity contribution in [3.8, 4) is 11.5 Å². The molecular weight excluding hydrogens is 318 g/mol. The van der Waals surface area contributed by atoms with Crippen LogP contribution in [0.4, 0.5) is 0 Å². The first kappa shape index (κ1) is 18.8. The van der Waals surface area contributed by atoms with E-state index in [1.54, 1.807) is 7.11 Å². The molecule has 0 fully saturated rings. The van der Waals surface area contributed by atoms with Crippen LogP contribution in [-0.2, 0) is 11.3 Å². The van der Waals surface area contributed by atoms with Gasteiger partial charge in [-0.15, -0.1) is 0 Å². The van der Waals surface area contributed by atoms with Crippen molar-refractivity contribution in [2.75, 3.05) is 13.7 Å². The number of ether oxygens (including phenoxy) is 2. The van der Waals surface area contributed by atoms with Crippen molar-refractivity contribution in [1.29, 1.82) is 0 Å². The molecule has 0 saturated heterocycles. The number of benzene rings is 1. The van der Waals surface area contributed by atoms with Crippen LogP contribution in [0.5, 0.6) is 11.5 Å². The van der Waals surface area contributed by atoms with Gasteiger partial charge < -0.3 is 14.8 Å². The first-order valence-electron chi connectivity index (χ1n) is 8.53. The van der Waals surface area contributed by atoms with E-state index in [0.717, 1.165) is 17.0 Å². The highest BCUT2D eigenvalue weighted by Gasteiger charge is 2.14. The Labute approximate surface area is 149 Å². The van der Waals surface area contributed by atoms with Crippen LogP contribution in [0, 0.1) is 13.8 Å². The molecule has 0 aliphatic heterocycles. The van der Waals surface area contributed by atoms with Gasteiger partial charge in [0.05, 0.1) is 25.5 Å². The van der Waals surface area contributed by atoms with E-state index >= 15 is 0 Å². The second-order valence-electron chi connectivity index (χ2n) is 6.12. The molecule has 1 N–H and O–H groups in total. The third-order valence-corrected chi connectivity index (χ3v) is 3.96. The van der Waals surface area contributed by atoms with Crippen LogP contribution in [0.1, 0.15) is 43.3 Å². The summed E-state index contributed by atoms with van der Waals surface area (Å²) in [4.78, 5) is 12.2. The van der Waals surface area contributed by atoms with Gasteiger partial charge in [0.1, 0.15) is 0 Å². The fourth-order valence-corrected chi connectivity index (χ4v) is 2.82.